The van der Waals surface area contributed by atoms with Crippen LogP contribution in [-0.2, 0) is 10.0 Å². The van der Waals surface area contributed by atoms with Gasteiger partial charge in [0, 0.05) is 60.6 Å². The van der Waals surface area contributed by atoms with Crippen molar-refractivity contribution in [2.24, 2.45) is 16.7 Å². The van der Waals surface area contributed by atoms with Crippen molar-refractivity contribution in [3.8, 4) is 17.2 Å². The van der Waals surface area contributed by atoms with E-state index in [4.69, 9.17) is 9.47 Å². The third-order valence-electron chi connectivity index (χ3n) is 15.6. The second-order valence-electron chi connectivity index (χ2n) is 20.8. The number of sulfonamides is 1. The van der Waals surface area contributed by atoms with Gasteiger partial charge in [-0.25, -0.2) is 13.1 Å². The summed E-state index contributed by atoms with van der Waals surface area (Å²) in [6.07, 6.45) is 12.3. The number of pyridine rings is 1. The van der Waals surface area contributed by atoms with Crippen molar-refractivity contribution in [1.82, 2.24) is 19.6 Å². The fourth-order valence-corrected chi connectivity index (χ4v) is 12.7. The number of aromatic amines is 1. The van der Waals surface area contributed by atoms with Gasteiger partial charge >= 0.3 is 0 Å². The molecule has 5 heterocycles. The molecule has 1 spiro atoms. The van der Waals surface area contributed by atoms with Gasteiger partial charge in [-0.15, -0.1) is 0 Å². The molecule has 16 heteroatoms. The van der Waals surface area contributed by atoms with E-state index in [0.717, 1.165) is 82.8 Å². The van der Waals surface area contributed by atoms with Gasteiger partial charge in [0.15, 0.2) is 17.2 Å². The lowest BCUT2D eigenvalue weighted by Crippen LogP contribution is -2.54. The molecule has 2 aliphatic carbocycles. The topological polar surface area (TPSA) is 172 Å². The number of nitro benzene ring substituents is 1. The number of halogens is 1. The van der Waals surface area contributed by atoms with E-state index in [1.165, 1.54) is 42.2 Å². The second kappa shape index (κ2) is 17.4. The fraction of sp³-hybridized carbons (Fsp3) is 0.490. The Kier molecular flexibility index (Phi) is 11.7. The standard InChI is InChI=1S/C51H60FN7O7S/c1-31(2)37-8-5-6-9-38(37)41-10-7-21-58(41)35-28-51(29-35)18-22-57(23-19-51)34-11-12-39(43(25-34)66-45-24-33-15-20-53-48(33)55-47(45)52)49(60)56-67(63,64)36-26-42(59(61)62)46-44(27-36)65-30-40(54-46)32-13-16-50(3,4)17-14-32/h5-6,8-9,11-12,15,20,24-27,31-32,35,40-41,54H,7,10,13-14,16-19,21-23,28-30H2,1-4H3,(H,53,55)(H,56,60)/t40-,41+/m1/s1. The number of piperidine rings is 1. The van der Waals surface area contributed by atoms with E-state index < -0.39 is 37.4 Å². The first kappa shape index (κ1) is 45.1. The average molecular weight is 934 g/mol. The predicted octanol–water partition coefficient (Wildman–Crippen LogP) is 10.6. The molecule has 4 fully saturated rings. The van der Waals surface area contributed by atoms with Crippen molar-refractivity contribution >= 4 is 44.0 Å². The number of amides is 1. The maximum Gasteiger partial charge on any atom is 0.297 e. The monoisotopic (exact) mass is 933 g/mol. The highest BCUT2D eigenvalue weighted by molar-refractivity contribution is 7.90. The number of hydrogen-bond acceptors (Lipinski definition) is 11. The van der Waals surface area contributed by atoms with Gasteiger partial charge in [-0.1, -0.05) is 52.0 Å². The third kappa shape index (κ3) is 8.82. The van der Waals surface area contributed by atoms with Crippen LogP contribution in [0.2, 0.25) is 0 Å². The van der Waals surface area contributed by atoms with Crippen LogP contribution in [0.3, 0.4) is 0 Å². The lowest BCUT2D eigenvalue weighted by molar-refractivity contribution is -0.384. The lowest BCUT2D eigenvalue weighted by Gasteiger charge is -2.56. The first-order chi connectivity index (χ1) is 32.1. The van der Waals surface area contributed by atoms with Crippen LogP contribution in [0.15, 0.2) is 77.8 Å². The minimum atomic E-state index is -4.71. The number of anilines is 2. The quantitative estimate of drug-likeness (QED) is 0.0654. The number of carbonyl (C=O) groups is 1. The largest absolute Gasteiger partial charge is 0.489 e. The fourth-order valence-electron chi connectivity index (χ4n) is 11.7. The summed E-state index contributed by atoms with van der Waals surface area (Å²) in [5.74, 6) is -1.58. The van der Waals surface area contributed by atoms with Crippen molar-refractivity contribution in [2.75, 3.05) is 36.5 Å². The van der Waals surface area contributed by atoms with Gasteiger partial charge in [0.05, 0.1) is 21.4 Å². The number of ether oxygens (including phenoxy) is 2. The van der Waals surface area contributed by atoms with Gasteiger partial charge in [0.1, 0.15) is 18.0 Å². The van der Waals surface area contributed by atoms with Gasteiger partial charge in [0.2, 0.25) is 0 Å². The lowest BCUT2D eigenvalue weighted by atomic mass is 9.59. The van der Waals surface area contributed by atoms with Crippen LogP contribution in [0, 0.1) is 32.8 Å². The second-order valence-corrected chi connectivity index (χ2v) is 22.5. The van der Waals surface area contributed by atoms with Gasteiger partial charge in [-0.05, 0) is 129 Å². The van der Waals surface area contributed by atoms with E-state index in [9.17, 15) is 23.3 Å². The first-order valence-electron chi connectivity index (χ1n) is 23.9. The number of hydrogen-bond donors (Lipinski definition) is 3. The highest BCUT2D eigenvalue weighted by Crippen LogP contribution is 2.54. The van der Waals surface area contributed by atoms with E-state index in [0.29, 0.717) is 29.0 Å². The summed E-state index contributed by atoms with van der Waals surface area (Å²) >= 11 is 0. The Morgan fingerprint density at radius 2 is 1.75 bits per heavy atom. The highest BCUT2D eigenvalue weighted by Gasteiger charge is 2.50. The van der Waals surface area contributed by atoms with Gasteiger partial charge < -0.3 is 24.7 Å². The van der Waals surface area contributed by atoms with Gasteiger partial charge in [0.25, 0.3) is 27.6 Å². The molecule has 0 radical (unpaired) electrons. The number of nitrogens with zero attached hydrogens (tertiary/aromatic N) is 4. The van der Waals surface area contributed by atoms with Gasteiger partial charge in [-0.3, -0.25) is 19.8 Å². The van der Waals surface area contributed by atoms with Crippen molar-refractivity contribution in [3.63, 3.8) is 0 Å². The van der Waals surface area contributed by atoms with Gasteiger partial charge in [-0.2, -0.15) is 9.37 Å². The Balaban J connectivity index is 0.866. The summed E-state index contributed by atoms with van der Waals surface area (Å²) in [6, 6.07) is 19.9. The number of nitro groups is 1. The molecule has 10 rings (SSSR count). The van der Waals surface area contributed by atoms with Crippen LogP contribution in [0.25, 0.3) is 11.0 Å². The molecule has 3 aliphatic heterocycles. The van der Waals surface area contributed by atoms with Crippen LogP contribution in [0.4, 0.5) is 21.5 Å². The zero-order valence-corrected chi connectivity index (χ0v) is 39.5. The maximum absolute atomic E-state index is 15.5. The first-order valence-corrected chi connectivity index (χ1v) is 25.4. The molecule has 0 bridgehead atoms. The number of fused-ring (bicyclic) bond motifs is 2. The van der Waals surface area contributed by atoms with Crippen molar-refractivity contribution < 1.29 is 32.0 Å². The highest BCUT2D eigenvalue weighted by atomic mass is 32.2. The molecule has 1 amide bonds. The Labute approximate surface area is 391 Å². The van der Waals surface area contributed by atoms with E-state index in [1.54, 1.807) is 24.4 Å². The molecule has 14 nitrogen and oxygen atoms in total. The number of carbonyl (C=O) groups excluding carboxylic acids is 1. The predicted molar refractivity (Wildman–Crippen MR) is 255 cm³/mol. The summed E-state index contributed by atoms with van der Waals surface area (Å²) in [5, 5.41) is 16.3. The zero-order chi connectivity index (χ0) is 46.8. The smallest absolute Gasteiger partial charge is 0.297 e. The number of nitrogens with one attached hydrogen (secondary N) is 3. The molecule has 5 aromatic rings. The Morgan fingerprint density at radius 1 is 0.985 bits per heavy atom. The minimum absolute atomic E-state index is 0.0132. The molecule has 5 aliphatic rings. The van der Waals surface area contributed by atoms with E-state index in [2.05, 4.69) is 81.8 Å². The normalized spacial score (nSPS) is 22.0. The van der Waals surface area contributed by atoms with Crippen molar-refractivity contribution in [2.45, 2.75) is 121 Å². The Bertz CT molecular complexity index is 2820. The summed E-state index contributed by atoms with van der Waals surface area (Å²) < 4.78 is 57.7. The molecule has 0 unspecified atom stereocenters. The van der Waals surface area contributed by atoms with Crippen LogP contribution in [0.1, 0.15) is 125 Å². The minimum Gasteiger partial charge on any atom is -0.489 e. The molecule has 3 aromatic carbocycles. The molecule has 2 saturated carbocycles. The summed E-state index contributed by atoms with van der Waals surface area (Å²) in [5.41, 5.74) is 3.92. The van der Waals surface area contributed by atoms with Crippen molar-refractivity contribution in [1.29, 1.82) is 0 Å². The van der Waals surface area contributed by atoms with Crippen LogP contribution >= 0.6 is 0 Å². The SMILES string of the molecule is CC(C)c1ccccc1[C@@H]1CCCN1C1CC2(CCN(c3ccc(C(=O)NS(=O)(=O)c4cc5c(c([N+](=O)[O-])c4)N[C@@H](C4CCC(C)(C)CC4)CO5)c(Oc4cc5cc[nH]c5nc4F)c3)CC2)C1. The number of likely N-dealkylation sites (tertiary alicyclic amines) is 1. The number of rotatable bonds is 11. The molecule has 67 heavy (non-hydrogen) atoms. The van der Waals surface area contributed by atoms with E-state index >= 15 is 4.39 Å². The molecule has 354 valence electrons. The van der Waals surface area contributed by atoms with E-state index in [1.807, 2.05) is 0 Å². The molecule has 2 saturated heterocycles. The molecular formula is C51H60FN7O7S. The van der Waals surface area contributed by atoms with Crippen LogP contribution in [-0.4, -0.2) is 72.4 Å². The average Bonchev–Trinajstić information content (AvgIpc) is 3.97. The Hall–Kier alpha value is -5.74. The molecule has 2 atom stereocenters. The third-order valence-corrected chi connectivity index (χ3v) is 17.0. The van der Waals surface area contributed by atoms with Crippen molar-refractivity contribution in [3.05, 3.63) is 106 Å². The van der Waals surface area contributed by atoms with Crippen LogP contribution in [0.5, 0.6) is 17.2 Å². The summed E-state index contributed by atoms with van der Waals surface area (Å²) in [7, 11) is -4.71. The Morgan fingerprint density at radius 3 is 2.49 bits per heavy atom. The molecule has 2 aromatic heterocycles. The van der Waals surface area contributed by atoms with Crippen LogP contribution < -0.4 is 24.4 Å². The summed E-state index contributed by atoms with van der Waals surface area (Å²) in [6.45, 7) is 11.9. The maximum atomic E-state index is 15.5. The summed E-state index contributed by atoms with van der Waals surface area (Å²) in [4.78, 5) is 37.2. The molecule has 3 N–H and O–H groups in total. The number of aromatic nitrogens is 2. The molecular weight excluding hydrogens is 874 g/mol. The zero-order valence-electron chi connectivity index (χ0n) is 38.6. The van der Waals surface area contributed by atoms with E-state index in [-0.39, 0.29) is 57.9 Å². The number of benzene rings is 3. The number of H-pyrrole nitrogens is 1.